The van der Waals surface area contributed by atoms with Crippen molar-refractivity contribution in [2.45, 2.75) is 45.1 Å². The molecule has 2 aliphatic rings. The topological polar surface area (TPSA) is 95.8 Å². The fourth-order valence-electron chi connectivity index (χ4n) is 3.54. The van der Waals surface area contributed by atoms with Crippen LogP contribution in [-0.2, 0) is 10.2 Å². The number of amides is 1. The number of hydrazine groups is 2. The van der Waals surface area contributed by atoms with Crippen LogP contribution >= 0.6 is 0 Å². The Kier molecular flexibility index (Phi) is 5.22. The fourth-order valence-corrected chi connectivity index (χ4v) is 3.54. The zero-order valence-electron chi connectivity index (χ0n) is 16.7. The van der Waals surface area contributed by atoms with Crippen molar-refractivity contribution in [2.24, 2.45) is 5.92 Å². The Labute approximate surface area is 164 Å². The number of likely N-dealkylation sites (tertiary alicyclic amines) is 1. The highest BCUT2D eigenvalue weighted by atomic mass is 16.5. The molecule has 4 rings (SSSR count). The van der Waals surface area contributed by atoms with E-state index in [4.69, 9.17) is 4.74 Å². The van der Waals surface area contributed by atoms with Gasteiger partial charge in [-0.2, -0.15) is 5.53 Å². The predicted octanol–water partition coefficient (Wildman–Crippen LogP) is 0.625. The van der Waals surface area contributed by atoms with Crippen molar-refractivity contribution >= 4 is 11.6 Å². The molecule has 9 nitrogen and oxygen atoms in total. The molecule has 3 N–H and O–H groups in total. The van der Waals surface area contributed by atoms with Crippen molar-refractivity contribution in [3.8, 4) is 5.88 Å². The van der Waals surface area contributed by atoms with E-state index in [1.165, 1.54) is 0 Å². The van der Waals surface area contributed by atoms with Crippen LogP contribution in [0.5, 0.6) is 5.88 Å². The zero-order chi connectivity index (χ0) is 19.7. The summed E-state index contributed by atoms with van der Waals surface area (Å²) in [6.45, 7) is 9.19. The lowest BCUT2D eigenvalue weighted by Gasteiger charge is -2.33. The van der Waals surface area contributed by atoms with Crippen LogP contribution in [0.2, 0.25) is 0 Å². The third kappa shape index (κ3) is 4.11. The Morgan fingerprint density at radius 3 is 2.75 bits per heavy atom. The van der Waals surface area contributed by atoms with E-state index < -0.39 is 0 Å². The lowest BCUT2D eigenvalue weighted by molar-refractivity contribution is -0.134. The van der Waals surface area contributed by atoms with Crippen molar-refractivity contribution in [2.75, 3.05) is 26.2 Å². The molecule has 2 aromatic heterocycles. The quantitative estimate of drug-likeness (QED) is 0.708. The van der Waals surface area contributed by atoms with Crippen molar-refractivity contribution in [3.05, 3.63) is 24.0 Å². The summed E-state index contributed by atoms with van der Waals surface area (Å²) in [5.41, 5.74) is 10.5. The molecule has 0 aromatic carbocycles. The number of nitrogens with zero attached hydrogens (tertiary/aromatic N) is 4. The highest BCUT2D eigenvalue weighted by Gasteiger charge is 2.30. The lowest BCUT2D eigenvalue weighted by atomic mass is 9.93. The number of carbonyl (C=O) groups is 1. The minimum Gasteiger partial charge on any atom is -0.476 e. The van der Waals surface area contributed by atoms with Gasteiger partial charge in [0.15, 0.2) is 5.65 Å². The predicted molar refractivity (Wildman–Crippen MR) is 105 cm³/mol. The second-order valence-corrected chi connectivity index (χ2v) is 8.63. The van der Waals surface area contributed by atoms with E-state index in [0.717, 1.165) is 37.3 Å². The van der Waals surface area contributed by atoms with Gasteiger partial charge in [-0.25, -0.2) is 20.4 Å². The largest absolute Gasteiger partial charge is 0.476 e. The molecule has 1 amide bonds. The van der Waals surface area contributed by atoms with Gasteiger partial charge < -0.3 is 9.64 Å². The van der Waals surface area contributed by atoms with Gasteiger partial charge in [0.25, 0.3) is 0 Å². The van der Waals surface area contributed by atoms with Gasteiger partial charge in [-0.15, -0.1) is 5.10 Å². The van der Waals surface area contributed by atoms with Gasteiger partial charge in [-0.05, 0) is 24.8 Å². The Morgan fingerprint density at radius 2 is 2.07 bits per heavy atom. The Bertz CT molecular complexity index is 830. The van der Waals surface area contributed by atoms with Gasteiger partial charge in [0, 0.05) is 31.1 Å². The van der Waals surface area contributed by atoms with Crippen molar-refractivity contribution < 1.29 is 9.53 Å². The fraction of sp³-hybridized carbons (Fsp3) is 0.632. The Hall–Kier alpha value is -2.23. The van der Waals surface area contributed by atoms with E-state index in [2.05, 4.69) is 47.2 Å². The number of fused-ring (bicyclic) bond motifs is 1. The average Bonchev–Trinajstić information content (AvgIpc) is 3.35. The SMILES string of the molecule is CC(C)(C)c1cn2nc(OCC3CCN(C(=O)C4CNNN4)CC3)ccc2n1. The van der Waals surface area contributed by atoms with Gasteiger partial charge >= 0.3 is 0 Å². The zero-order valence-corrected chi connectivity index (χ0v) is 16.7. The molecule has 2 aromatic rings. The molecular weight excluding hydrogens is 358 g/mol. The molecule has 2 saturated heterocycles. The smallest absolute Gasteiger partial charge is 0.242 e. The third-order valence-corrected chi connectivity index (χ3v) is 5.40. The van der Waals surface area contributed by atoms with Gasteiger partial charge in [-0.1, -0.05) is 20.8 Å². The molecule has 0 aliphatic carbocycles. The molecule has 1 atom stereocenters. The van der Waals surface area contributed by atoms with Crippen LogP contribution in [0.3, 0.4) is 0 Å². The first-order chi connectivity index (χ1) is 13.4. The van der Waals surface area contributed by atoms with Gasteiger partial charge in [0.1, 0.15) is 6.04 Å². The average molecular weight is 387 g/mol. The van der Waals surface area contributed by atoms with E-state index in [1.54, 1.807) is 4.52 Å². The maximum Gasteiger partial charge on any atom is 0.242 e. The number of aromatic nitrogens is 3. The molecule has 28 heavy (non-hydrogen) atoms. The number of imidazole rings is 1. The maximum absolute atomic E-state index is 12.4. The van der Waals surface area contributed by atoms with Gasteiger partial charge in [0.2, 0.25) is 11.8 Å². The first kappa shape index (κ1) is 19.1. The molecule has 0 spiro atoms. The van der Waals surface area contributed by atoms with Crippen molar-refractivity contribution in [1.29, 1.82) is 0 Å². The third-order valence-electron chi connectivity index (χ3n) is 5.40. The summed E-state index contributed by atoms with van der Waals surface area (Å²) in [5.74, 6) is 1.19. The number of ether oxygens (including phenoxy) is 1. The van der Waals surface area contributed by atoms with Crippen molar-refractivity contribution in [1.82, 2.24) is 35.9 Å². The van der Waals surface area contributed by atoms with Crippen LogP contribution in [0.15, 0.2) is 18.3 Å². The second kappa shape index (κ2) is 7.65. The van der Waals surface area contributed by atoms with E-state index in [-0.39, 0.29) is 17.4 Å². The normalized spacial score (nSPS) is 21.4. The Balaban J connectivity index is 1.29. The van der Waals surface area contributed by atoms with Gasteiger partial charge in [-0.3, -0.25) is 4.79 Å². The highest BCUT2D eigenvalue weighted by Crippen LogP contribution is 2.23. The molecule has 9 heteroatoms. The monoisotopic (exact) mass is 387 g/mol. The lowest BCUT2D eigenvalue weighted by Crippen LogP contribution is -2.49. The summed E-state index contributed by atoms with van der Waals surface area (Å²) in [6, 6.07) is 3.63. The van der Waals surface area contributed by atoms with Crippen molar-refractivity contribution in [3.63, 3.8) is 0 Å². The number of nitrogens with one attached hydrogen (secondary N) is 3. The summed E-state index contributed by atoms with van der Waals surface area (Å²) in [7, 11) is 0. The van der Waals surface area contributed by atoms with Crippen LogP contribution in [0.4, 0.5) is 0 Å². The number of piperidine rings is 1. The standard InChI is InChI=1S/C19H29N7O2/c1-19(2,3)15-11-26-16(21-15)4-5-17(23-26)28-12-13-6-8-25(9-7-13)18(27)14-10-20-24-22-14/h4-5,11,13-14,20,22,24H,6-10,12H2,1-3H3. The summed E-state index contributed by atoms with van der Waals surface area (Å²) < 4.78 is 7.73. The Morgan fingerprint density at radius 1 is 1.29 bits per heavy atom. The van der Waals surface area contributed by atoms with E-state index >= 15 is 0 Å². The number of hydrogen-bond acceptors (Lipinski definition) is 7. The molecule has 152 valence electrons. The van der Waals surface area contributed by atoms with E-state index in [9.17, 15) is 4.79 Å². The van der Waals surface area contributed by atoms with Gasteiger partial charge in [0.05, 0.1) is 18.5 Å². The molecule has 0 radical (unpaired) electrons. The molecular formula is C19H29N7O2. The molecule has 4 heterocycles. The van der Waals surface area contributed by atoms with E-state index in [0.29, 0.717) is 24.9 Å². The number of rotatable bonds is 4. The molecule has 0 bridgehead atoms. The molecule has 0 saturated carbocycles. The molecule has 1 unspecified atom stereocenters. The van der Waals surface area contributed by atoms with Crippen LogP contribution in [0.1, 0.15) is 39.3 Å². The summed E-state index contributed by atoms with van der Waals surface area (Å²) in [5, 5.41) is 4.53. The van der Waals surface area contributed by atoms with Crippen LogP contribution in [0.25, 0.3) is 5.65 Å². The highest BCUT2D eigenvalue weighted by molar-refractivity contribution is 5.82. The van der Waals surface area contributed by atoms with Crippen LogP contribution < -0.4 is 21.1 Å². The van der Waals surface area contributed by atoms with Crippen LogP contribution in [-0.4, -0.2) is 57.7 Å². The number of carbonyl (C=O) groups excluding carboxylic acids is 1. The van der Waals surface area contributed by atoms with E-state index in [1.807, 2.05) is 23.2 Å². The first-order valence-corrected chi connectivity index (χ1v) is 9.92. The summed E-state index contributed by atoms with van der Waals surface area (Å²) >= 11 is 0. The minimum atomic E-state index is -0.183. The summed E-state index contributed by atoms with van der Waals surface area (Å²) in [6.07, 6.45) is 3.86. The maximum atomic E-state index is 12.4. The first-order valence-electron chi connectivity index (χ1n) is 9.92. The van der Waals surface area contributed by atoms with Crippen LogP contribution in [0, 0.1) is 5.92 Å². The molecule has 2 fully saturated rings. The minimum absolute atomic E-state index is 0.0136. The number of hydrogen-bond donors (Lipinski definition) is 3. The second-order valence-electron chi connectivity index (χ2n) is 8.63. The molecule has 2 aliphatic heterocycles. The summed E-state index contributed by atoms with van der Waals surface area (Å²) in [4.78, 5) is 19.0.